The Balaban J connectivity index is 1.76. The average Bonchev–Trinajstić information content (AvgIpc) is 3.16. The van der Waals surface area contributed by atoms with Crippen LogP contribution >= 0.6 is 0 Å². The predicted molar refractivity (Wildman–Crippen MR) is 109 cm³/mol. The molecule has 2 amide bonds. The summed E-state index contributed by atoms with van der Waals surface area (Å²) in [5.74, 6) is -1.16. The summed E-state index contributed by atoms with van der Waals surface area (Å²) < 4.78 is 30.4. The summed E-state index contributed by atoms with van der Waals surface area (Å²) in [6.45, 7) is 1.74. The second-order valence-electron chi connectivity index (χ2n) is 6.28. The Kier molecular flexibility index (Phi) is 6.13. The molecule has 29 heavy (non-hydrogen) atoms. The van der Waals surface area contributed by atoms with Gasteiger partial charge in [0.25, 0.3) is 5.91 Å². The van der Waals surface area contributed by atoms with Crippen molar-refractivity contribution in [2.75, 3.05) is 10.6 Å². The molecule has 0 bridgehead atoms. The zero-order valence-electron chi connectivity index (χ0n) is 15.7. The van der Waals surface area contributed by atoms with Crippen LogP contribution < -0.4 is 10.6 Å². The van der Waals surface area contributed by atoms with Crippen molar-refractivity contribution in [3.05, 3.63) is 78.3 Å². The molecule has 7 nitrogen and oxygen atoms in total. The zero-order chi connectivity index (χ0) is 20.9. The number of amides is 2. The molecule has 150 valence electrons. The van der Waals surface area contributed by atoms with Crippen LogP contribution in [-0.2, 0) is 20.4 Å². The van der Waals surface area contributed by atoms with Crippen LogP contribution in [0, 0.1) is 0 Å². The summed E-state index contributed by atoms with van der Waals surface area (Å²) >= 11 is 0. The molecule has 0 spiro atoms. The number of benzene rings is 2. The Bertz CT molecular complexity index is 1120. The van der Waals surface area contributed by atoms with Gasteiger partial charge in [-0.2, -0.15) is 0 Å². The minimum absolute atomic E-state index is 0.0764. The molecular weight excluding hydrogens is 392 g/mol. The minimum atomic E-state index is -3.62. The molecule has 0 unspecified atom stereocenters. The van der Waals surface area contributed by atoms with Gasteiger partial charge >= 0.3 is 0 Å². The van der Waals surface area contributed by atoms with Gasteiger partial charge in [-0.25, -0.2) is 8.42 Å². The van der Waals surface area contributed by atoms with Gasteiger partial charge in [0.1, 0.15) is 0 Å². The maximum atomic E-state index is 12.6. The number of rotatable bonds is 7. The van der Waals surface area contributed by atoms with Crippen molar-refractivity contribution in [1.82, 2.24) is 0 Å². The molecule has 3 rings (SSSR count). The second kappa shape index (κ2) is 8.74. The van der Waals surface area contributed by atoms with Crippen molar-refractivity contribution in [3.8, 4) is 0 Å². The minimum Gasteiger partial charge on any atom is -0.459 e. The van der Waals surface area contributed by atoms with Gasteiger partial charge < -0.3 is 15.1 Å². The number of carbonyl (C=O) groups is 2. The van der Waals surface area contributed by atoms with Gasteiger partial charge in [0.2, 0.25) is 5.91 Å². The van der Waals surface area contributed by atoms with E-state index >= 15 is 0 Å². The Hall–Kier alpha value is -3.39. The van der Waals surface area contributed by atoms with E-state index in [1.54, 1.807) is 49.4 Å². The van der Waals surface area contributed by atoms with E-state index in [-0.39, 0.29) is 27.9 Å². The molecule has 8 heteroatoms. The molecular formula is C21H20N2O5S. The standard InChI is InChI=1S/C21H20N2O5S/c1-2-19(24)22-16-7-6-8-17(13-16)23-21(25)20-15(11-12-28-20)14-29(26,27)18-9-4-3-5-10-18/h3-13H,2,14H2,1H3,(H,22,24)(H,23,25). The molecule has 0 fully saturated rings. The average molecular weight is 412 g/mol. The van der Waals surface area contributed by atoms with E-state index in [1.807, 2.05) is 0 Å². The molecule has 0 aliphatic carbocycles. The highest BCUT2D eigenvalue weighted by molar-refractivity contribution is 7.90. The third kappa shape index (κ3) is 5.11. The molecule has 1 heterocycles. The molecule has 0 saturated carbocycles. The lowest BCUT2D eigenvalue weighted by atomic mass is 10.2. The quantitative estimate of drug-likeness (QED) is 0.613. The maximum absolute atomic E-state index is 12.6. The van der Waals surface area contributed by atoms with E-state index in [0.717, 1.165) is 0 Å². The van der Waals surface area contributed by atoms with Gasteiger partial charge in [0.15, 0.2) is 15.6 Å². The maximum Gasteiger partial charge on any atom is 0.291 e. The van der Waals surface area contributed by atoms with E-state index in [1.165, 1.54) is 24.5 Å². The van der Waals surface area contributed by atoms with Crippen LogP contribution in [0.1, 0.15) is 29.5 Å². The number of carbonyl (C=O) groups excluding carboxylic acids is 2. The summed E-state index contributed by atoms with van der Waals surface area (Å²) in [5.41, 5.74) is 1.25. The van der Waals surface area contributed by atoms with E-state index < -0.39 is 15.7 Å². The second-order valence-corrected chi connectivity index (χ2v) is 8.27. The number of sulfone groups is 1. The normalized spacial score (nSPS) is 11.1. The Morgan fingerprint density at radius 3 is 2.31 bits per heavy atom. The lowest BCUT2D eigenvalue weighted by Crippen LogP contribution is -2.15. The summed E-state index contributed by atoms with van der Waals surface area (Å²) in [5, 5.41) is 5.37. The highest BCUT2D eigenvalue weighted by atomic mass is 32.2. The fraction of sp³-hybridized carbons (Fsp3) is 0.143. The number of hydrogen-bond donors (Lipinski definition) is 2. The number of furan rings is 1. The fourth-order valence-corrected chi connectivity index (χ4v) is 4.05. The van der Waals surface area contributed by atoms with Gasteiger partial charge in [0.05, 0.1) is 16.9 Å². The topological polar surface area (TPSA) is 105 Å². The van der Waals surface area contributed by atoms with E-state index in [2.05, 4.69) is 10.6 Å². The molecule has 0 aliphatic heterocycles. The third-order valence-corrected chi connectivity index (χ3v) is 5.81. The largest absolute Gasteiger partial charge is 0.459 e. The Labute approximate surface area is 168 Å². The van der Waals surface area contributed by atoms with Crippen LogP contribution in [0.15, 0.2) is 76.2 Å². The van der Waals surface area contributed by atoms with Crippen LogP contribution in [0.3, 0.4) is 0 Å². The van der Waals surface area contributed by atoms with Crippen molar-refractivity contribution < 1.29 is 22.4 Å². The highest BCUT2D eigenvalue weighted by Crippen LogP contribution is 2.22. The van der Waals surface area contributed by atoms with Crippen LogP contribution in [0.4, 0.5) is 11.4 Å². The van der Waals surface area contributed by atoms with E-state index in [4.69, 9.17) is 4.42 Å². The summed E-state index contributed by atoms with van der Waals surface area (Å²) in [7, 11) is -3.62. The van der Waals surface area contributed by atoms with Crippen molar-refractivity contribution >= 4 is 33.0 Å². The van der Waals surface area contributed by atoms with Crippen molar-refractivity contribution in [2.45, 2.75) is 24.0 Å². The van der Waals surface area contributed by atoms with Crippen molar-refractivity contribution in [2.24, 2.45) is 0 Å². The molecule has 3 aromatic rings. The van der Waals surface area contributed by atoms with Gasteiger partial charge in [-0.1, -0.05) is 31.2 Å². The molecule has 0 atom stereocenters. The number of anilines is 2. The van der Waals surface area contributed by atoms with Crippen LogP contribution in [-0.4, -0.2) is 20.2 Å². The van der Waals surface area contributed by atoms with E-state index in [0.29, 0.717) is 17.8 Å². The lowest BCUT2D eigenvalue weighted by molar-refractivity contribution is -0.115. The SMILES string of the molecule is CCC(=O)Nc1cccc(NC(=O)c2occc2CS(=O)(=O)c2ccccc2)c1. The Morgan fingerprint density at radius 2 is 1.62 bits per heavy atom. The molecule has 2 N–H and O–H groups in total. The number of nitrogens with one attached hydrogen (secondary N) is 2. The van der Waals surface area contributed by atoms with Crippen molar-refractivity contribution in [3.63, 3.8) is 0 Å². The van der Waals surface area contributed by atoms with Gasteiger partial charge in [0, 0.05) is 23.4 Å². The summed E-state index contributed by atoms with van der Waals surface area (Å²) in [4.78, 5) is 24.3. The predicted octanol–water partition coefficient (Wildman–Crippen LogP) is 3.85. The van der Waals surface area contributed by atoms with Crippen molar-refractivity contribution in [1.29, 1.82) is 0 Å². The van der Waals surface area contributed by atoms with Crippen LogP contribution in [0.2, 0.25) is 0 Å². The molecule has 2 aromatic carbocycles. The zero-order valence-corrected chi connectivity index (χ0v) is 16.5. The smallest absolute Gasteiger partial charge is 0.291 e. The monoisotopic (exact) mass is 412 g/mol. The molecule has 0 saturated heterocycles. The van der Waals surface area contributed by atoms with Gasteiger partial charge in [-0.15, -0.1) is 0 Å². The van der Waals surface area contributed by atoms with Gasteiger partial charge in [-0.3, -0.25) is 9.59 Å². The first-order valence-electron chi connectivity index (χ1n) is 8.94. The molecule has 1 aromatic heterocycles. The third-order valence-electron chi connectivity index (χ3n) is 4.13. The van der Waals surface area contributed by atoms with Crippen LogP contribution in [0.25, 0.3) is 0 Å². The van der Waals surface area contributed by atoms with Gasteiger partial charge in [-0.05, 0) is 36.4 Å². The lowest BCUT2D eigenvalue weighted by Gasteiger charge is -2.09. The first kappa shape index (κ1) is 20.3. The first-order chi connectivity index (χ1) is 13.9. The Morgan fingerprint density at radius 1 is 0.931 bits per heavy atom. The number of hydrogen-bond acceptors (Lipinski definition) is 5. The van der Waals surface area contributed by atoms with Crippen LogP contribution in [0.5, 0.6) is 0 Å². The summed E-state index contributed by atoms with van der Waals surface area (Å²) in [6, 6.07) is 16.1. The fourth-order valence-electron chi connectivity index (χ4n) is 2.68. The summed E-state index contributed by atoms with van der Waals surface area (Å²) in [6.07, 6.45) is 1.62. The highest BCUT2D eigenvalue weighted by Gasteiger charge is 2.22. The molecule has 0 radical (unpaired) electrons. The molecule has 0 aliphatic rings. The van der Waals surface area contributed by atoms with E-state index in [9.17, 15) is 18.0 Å². The first-order valence-corrected chi connectivity index (χ1v) is 10.6.